The van der Waals surface area contributed by atoms with Gasteiger partial charge in [-0.2, -0.15) is 5.26 Å². The lowest BCUT2D eigenvalue weighted by Gasteiger charge is -2.60. The topological polar surface area (TPSA) is 61.1 Å². The minimum atomic E-state index is -0.622. The molecule has 4 unspecified atom stereocenters. The van der Waals surface area contributed by atoms with E-state index in [1.807, 2.05) is 6.07 Å². The largest absolute Gasteiger partial charge is 0.393 e. The van der Waals surface area contributed by atoms with Crippen LogP contribution in [0, 0.1) is 45.8 Å². The number of rotatable bonds is 0. The first kappa shape index (κ1) is 16.0. The number of carbonyl (C=O) groups is 1. The van der Waals surface area contributed by atoms with Gasteiger partial charge in [-0.15, -0.1) is 6.42 Å². The van der Waals surface area contributed by atoms with Gasteiger partial charge in [0.2, 0.25) is 0 Å². The monoisotopic (exact) mass is 309 g/mol. The molecule has 0 spiro atoms. The molecule has 3 nitrogen and oxygen atoms in total. The second kappa shape index (κ2) is 4.83. The minimum absolute atomic E-state index is 0.156. The van der Waals surface area contributed by atoms with Crippen molar-refractivity contribution in [1.29, 1.82) is 5.26 Å². The van der Waals surface area contributed by atoms with E-state index < -0.39 is 5.41 Å². The van der Waals surface area contributed by atoms with E-state index in [9.17, 15) is 15.2 Å². The summed E-state index contributed by atoms with van der Waals surface area (Å²) in [5.74, 6) is 2.93. The number of terminal acetylenes is 1. The number of fused-ring (bicyclic) bond motifs is 3. The Labute approximate surface area is 138 Å². The van der Waals surface area contributed by atoms with Gasteiger partial charge in [0, 0.05) is 0 Å². The fourth-order valence-electron chi connectivity index (χ4n) is 5.31. The number of hydrogen-bond acceptors (Lipinski definition) is 3. The van der Waals surface area contributed by atoms with Crippen molar-refractivity contribution in [3.05, 3.63) is 23.3 Å². The van der Waals surface area contributed by atoms with Gasteiger partial charge in [-0.05, 0) is 60.2 Å². The minimum Gasteiger partial charge on any atom is -0.393 e. The first-order valence-corrected chi connectivity index (χ1v) is 8.27. The smallest absolute Gasteiger partial charge is 0.196 e. The number of ketones is 1. The Morgan fingerprint density at radius 2 is 2.00 bits per heavy atom. The molecule has 2 fully saturated rings. The van der Waals surface area contributed by atoms with Crippen LogP contribution in [-0.2, 0) is 4.79 Å². The first-order chi connectivity index (χ1) is 10.7. The van der Waals surface area contributed by atoms with Crippen molar-refractivity contribution >= 4 is 5.78 Å². The van der Waals surface area contributed by atoms with Crippen molar-refractivity contribution in [2.45, 2.75) is 52.6 Å². The maximum atomic E-state index is 12.3. The highest BCUT2D eigenvalue weighted by atomic mass is 16.3. The van der Waals surface area contributed by atoms with Crippen LogP contribution in [0.4, 0.5) is 0 Å². The van der Waals surface area contributed by atoms with Crippen LogP contribution in [0.15, 0.2) is 23.3 Å². The highest BCUT2D eigenvalue weighted by Crippen LogP contribution is 2.65. The summed E-state index contributed by atoms with van der Waals surface area (Å²) in [6, 6.07) is 1.99. The van der Waals surface area contributed by atoms with Gasteiger partial charge in [0.1, 0.15) is 6.07 Å². The third-order valence-corrected chi connectivity index (χ3v) is 6.70. The maximum Gasteiger partial charge on any atom is 0.196 e. The van der Waals surface area contributed by atoms with Gasteiger partial charge in [-0.3, -0.25) is 4.79 Å². The Morgan fingerprint density at radius 3 is 2.61 bits per heavy atom. The summed E-state index contributed by atoms with van der Waals surface area (Å²) in [6.07, 6.45) is 12.0. The van der Waals surface area contributed by atoms with Crippen LogP contribution < -0.4 is 0 Å². The standard InChI is InChI=1S/C20H23NO2/c1-5-20-9-6-15-18(2,3)17(23)7-8-19(15,4)16(20)10-14(22)13(11-20)12-21/h1,10-11,15,17,23H,6-9H2,2-4H3. The molecule has 0 saturated heterocycles. The fraction of sp³-hybridized carbons (Fsp3) is 0.600. The average molecular weight is 309 g/mol. The second-order valence-corrected chi connectivity index (χ2v) is 8.09. The van der Waals surface area contributed by atoms with Gasteiger partial charge in [0.15, 0.2) is 5.78 Å². The summed E-state index contributed by atoms with van der Waals surface area (Å²) >= 11 is 0. The van der Waals surface area contributed by atoms with Gasteiger partial charge in [-0.25, -0.2) is 0 Å². The summed E-state index contributed by atoms with van der Waals surface area (Å²) in [7, 11) is 0. The molecular formula is C20H23NO2. The number of carbonyl (C=O) groups excluding carboxylic acids is 1. The predicted molar refractivity (Wildman–Crippen MR) is 87.9 cm³/mol. The van der Waals surface area contributed by atoms with E-state index in [-0.39, 0.29) is 34.2 Å². The molecule has 0 aromatic rings. The predicted octanol–water partition coefficient (Wildman–Crippen LogP) is 3.16. The van der Waals surface area contributed by atoms with Crippen molar-refractivity contribution in [3.63, 3.8) is 0 Å². The van der Waals surface area contributed by atoms with E-state index in [0.717, 1.165) is 24.8 Å². The molecule has 4 atom stereocenters. The molecule has 3 aliphatic rings. The molecule has 0 aromatic heterocycles. The maximum absolute atomic E-state index is 12.3. The number of aliphatic hydroxyl groups is 1. The van der Waals surface area contributed by atoms with Crippen molar-refractivity contribution < 1.29 is 9.90 Å². The molecule has 1 N–H and O–H groups in total. The van der Waals surface area contributed by atoms with E-state index >= 15 is 0 Å². The molecule has 0 heterocycles. The SMILES string of the molecule is C#CC12C=C(C#N)C(=O)C=C1C1(C)CCC(O)C(C)(C)C1CC2. The number of hydrogen-bond donors (Lipinski definition) is 1. The molecule has 2 saturated carbocycles. The van der Waals surface area contributed by atoms with Gasteiger partial charge >= 0.3 is 0 Å². The van der Waals surface area contributed by atoms with Crippen LogP contribution in [0.5, 0.6) is 0 Å². The molecular weight excluding hydrogens is 286 g/mol. The van der Waals surface area contributed by atoms with Crippen LogP contribution in [0.3, 0.4) is 0 Å². The number of aliphatic hydroxyl groups excluding tert-OH is 1. The van der Waals surface area contributed by atoms with Gasteiger partial charge in [0.25, 0.3) is 0 Å². The van der Waals surface area contributed by atoms with E-state index in [1.54, 1.807) is 12.2 Å². The molecule has 3 rings (SSSR count). The summed E-state index contributed by atoms with van der Waals surface area (Å²) in [6.45, 7) is 6.41. The molecule has 0 radical (unpaired) electrons. The highest BCUT2D eigenvalue weighted by molar-refractivity contribution is 6.09. The molecule has 3 aliphatic carbocycles. The lowest BCUT2D eigenvalue weighted by Crippen LogP contribution is -2.55. The third kappa shape index (κ3) is 1.97. The quantitative estimate of drug-likeness (QED) is 0.699. The molecule has 120 valence electrons. The van der Waals surface area contributed by atoms with Crippen molar-refractivity contribution in [2.24, 2.45) is 22.2 Å². The lowest BCUT2D eigenvalue weighted by atomic mass is 9.44. The van der Waals surface area contributed by atoms with Crippen molar-refractivity contribution in [1.82, 2.24) is 0 Å². The molecule has 0 aromatic carbocycles. The number of allylic oxidation sites excluding steroid dienone is 4. The summed E-state index contributed by atoms with van der Waals surface area (Å²) < 4.78 is 0. The van der Waals surface area contributed by atoms with Gasteiger partial charge < -0.3 is 5.11 Å². The van der Waals surface area contributed by atoms with Crippen LogP contribution in [-0.4, -0.2) is 17.0 Å². The normalized spacial score (nSPS) is 41.6. The zero-order valence-electron chi connectivity index (χ0n) is 14.0. The molecule has 0 amide bonds. The molecule has 3 heteroatoms. The zero-order valence-corrected chi connectivity index (χ0v) is 14.0. The van der Waals surface area contributed by atoms with Crippen LogP contribution in [0.2, 0.25) is 0 Å². The second-order valence-electron chi connectivity index (χ2n) is 8.09. The Balaban J connectivity index is 2.16. The zero-order chi connectivity index (χ0) is 17.0. The van der Waals surface area contributed by atoms with E-state index in [2.05, 4.69) is 26.7 Å². The summed E-state index contributed by atoms with van der Waals surface area (Å²) in [5.41, 5.74) is 0.0940. The van der Waals surface area contributed by atoms with E-state index in [1.165, 1.54) is 0 Å². The van der Waals surface area contributed by atoms with Crippen LogP contribution >= 0.6 is 0 Å². The summed E-state index contributed by atoms with van der Waals surface area (Å²) in [4.78, 5) is 12.3. The lowest BCUT2D eigenvalue weighted by molar-refractivity contribution is -0.113. The Kier molecular flexibility index (Phi) is 3.36. The van der Waals surface area contributed by atoms with E-state index in [4.69, 9.17) is 6.42 Å². The van der Waals surface area contributed by atoms with Crippen LogP contribution in [0.25, 0.3) is 0 Å². The number of nitrogens with zero attached hydrogens (tertiary/aromatic N) is 1. The molecule has 0 bridgehead atoms. The Morgan fingerprint density at radius 1 is 1.30 bits per heavy atom. The van der Waals surface area contributed by atoms with Gasteiger partial charge in [0.05, 0.1) is 17.1 Å². The molecule has 0 aliphatic heterocycles. The Hall–Kier alpha value is -1.84. The van der Waals surface area contributed by atoms with Crippen molar-refractivity contribution in [2.75, 3.05) is 0 Å². The fourth-order valence-corrected chi connectivity index (χ4v) is 5.31. The summed E-state index contributed by atoms with van der Waals surface area (Å²) in [5, 5.41) is 19.7. The first-order valence-electron chi connectivity index (χ1n) is 8.27. The van der Waals surface area contributed by atoms with Crippen molar-refractivity contribution in [3.8, 4) is 18.4 Å². The highest BCUT2D eigenvalue weighted by Gasteiger charge is 2.59. The van der Waals surface area contributed by atoms with E-state index in [0.29, 0.717) is 6.42 Å². The van der Waals surface area contributed by atoms with Gasteiger partial charge in [-0.1, -0.05) is 26.7 Å². The molecule has 23 heavy (non-hydrogen) atoms. The third-order valence-electron chi connectivity index (χ3n) is 6.70. The Bertz CT molecular complexity index is 715. The van der Waals surface area contributed by atoms with Crippen LogP contribution in [0.1, 0.15) is 46.5 Å². The number of nitriles is 1. The average Bonchev–Trinajstić information content (AvgIpc) is 2.52.